The van der Waals surface area contributed by atoms with Gasteiger partial charge in [0.05, 0.1) is 5.69 Å². The molecule has 2 rings (SSSR count). The van der Waals surface area contributed by atoms with Crippen molar-refractivity contribution < 1.29 is 0 Å². The van der Waals surface area contributed by atoms with Crippen LogP contribution in [0.2, 0.25) is 5.02 Å². The first-order valence-corrected chi connectivity index (χ1v) is 4.05. The molecule has 0 aromatic carbocycles. The summed E-state index contributed by atoms with van der Waals surface area (Å²) in [5.74, 6) is 0. The van der Waals surface area contributed by atoms with Crippen LogP contribution in [0.5, 0.6) is 0 Å². The van der Waals surface area contributed by atoms with E-state index in [0.29, 0.717) is 0 Å². The highest BCUT2D eigenvalue weighted by molar-refractivity contribution is 6.31. The predicted molar refractivity (Wildman–Crippen MR) is 44.5 cm³/mol. The number of pyridine rings is 1. The van der Waals surface area contributed by atoms with E-state index in [1.807, 2.05) is 6.07 Å². The first kappa shape index (κ1) is 7.07. The normalized spacial score (nSPS) is 21.8. The SMILES string of the molecule is N[C@H]1CCc2c(Cl)ccnc21. The summed E-state index contributed by atoms with van der Waals surface area (Å²) in [6.07, 6.45) is 3.67. The molecule has 1 heterocycles. The van der Waals surface area contributed by atoms with Crippen LogP contribution < -0.4 is 5.73 Å². The maximum Gasteiger partial charge on any atom is 0.0617 e. The average molecular weight is 169 g/mol. The number of aromatic nitrogens is 1. The van der Waals surface area contributed by atoms with Gasteiger partial charge >= 0.3 is 0 Å². The molecule has 1 aromatic rings. The maximum absolute atomic E-state index is 5.94. The van der Waals surface area contributed by atoms with Crippen molar-refractivity contribution >= 4 is 11.6 Å². The smallest absolute Gasteiger partial charge is 0.0617 e. The zero-order chi connectivity index (χ0) is 7.84. The van der Waals surface area contributed by atoms with Crippen LogP contribution in [0.4, 0.5) is 0 Å². The van der Waals surface area contributed by atoms with Crippen LogP contribution in [-0.4, -0.2) is 4.98 Å². The van der Waals surface area contributed by atoms with E-state index in [1.165, 1.54) is 0 Å². The number of halogens is 1. The molecule has 1 aliphatic carbocycles. The molecule has 1 aliphatic rings. The van der Waals surface area contributed by atoms with Crippen LogP contribution in [0.3, 0.4) is 0 Å². The summed E-state index contributed by atoms with van der Waals surface area (Å²) in [5.41, 5.74) is 7.92. The fourth-order valence-electron chi connectivity index (χ4n) is 1.49. The molecular formula is C8H9ClN2. The predicted octanol–water partition coefficient (Wildman–Crippen LogP) is 1.68. The number of nitrogens with zero attached hydrogens (tertiary/aromatic N) is 1. The molecule has 2 N–H and O–H groups in total. The van der Waals surface area contributed by atoms with Gasteiger partial charge in [-0.3, -0.25) is 4.98 Å². The molecule has 1 atom stereocenters. The van der Waals surface area contributed by atoms with E-state index in [9.17, 15) is 0 Å². The van der Waals surface area contributed by atoms with Gasteiger partial charge in [0.15, 0.2) is 0 Å². The van der Waals surface area contributed by atoms with Crippen molar-refractivity contribution in [1.82, 2.24) is 4.98 Å². The second kappa shape index (κ2) is 2.47. The highest BCUT2D eigenvalue weighted by Crippen LogP contribution is 2.31. The lowest BCUT2D eigenvalue weighted by atomic mass is 10.2. The monoisotopic (exact) mass is 168 g/mol. The lowest BCUT2D eigenvalue weighted by molar-refractivity contribution is 0.698. The van der Waals surface area contributed by atoms with Crippen LogP contribution in [0.1, 0.15) is 23.7 Å². The van der Waals surface area contributed by atoms with Crippen LogP contribution in [0.15, 0.2) is 12.3 Å². The van der Waals surface area contributed by atoms with Crippen LogP contribution in [0.25, 0.3) is 0 Å². The van der Waals surface area contributed by atoms with Crippen molar-refractivity contribution in [3.05, 3.63) is 28.5 Å². The van der Waals surface area contributed by atoms with Crippen molar-refractivity contribution in [2.45, 2.75) is 18.9 Å². The number of nitrogens with two attached hydrogens (primary N) is 1. The van der Waals surface area contributed by atoms with Gasteiger partial charge in [-0.15, -0.1) is 0 Å². The Kier molecular flexibility index (Phi) is 1.59. The summed E-state index contributed by atoms with van der Waals surface area (Å²) < 4.78 is 0. The molecule has 2 nitrogen and oxygen atoms in total. The molecule has 0 saturated heterocycles. The van der Waals surface area contributed by atoms with Gasteiger partial charge in [-0.2, -0.15) is 0 Å². The minimum absolute atomic E-state index is 0.101. The zero-order valence-electron chi connectivity index (χ0n) is 6.05. The zero-order valence-corrected chi connectivity index (χ0v) is 6.80. The lowest BCUT2D eigenvalue weighted by Gasteiger charge is -2.02. The van der Waals surface area contributed by atoms with Crippen LogP contribution in [0, 0.1) is 0 Å². The fraction of sp³-hybridized carbons (Fsp3) is 0.375. The molecule has 0 bridgehead atoms. The van der Waals surface area contributed by atoms with Gasteiger partial charge in [0.25, 0.3) is 0 Å². The molecule has 0 fully saturated rings. The molecular weight excluding hydrogens is 160 g/mol. The van der Waals surface area contributed by atoms with Crippen molar-refractivity contribution in [3.63, 3.8) is 0 Å². The second-order valence-corrected chi connectivity index (χ2v) is 3.21. The van der Waals surface area contributed by atoms with Gasteiger partial charge in [0.2, 0.25) is 0 Å². The van der Waals surface area contributed by atoms with Crippen LogP contribution in [-0.2, 0) is 6.42 Å². The van der Waals surface area contributed by atoms with E-state index in [0.717, 1.165) is 29.1 Å². The van der Waals surface area contributed by atoms with Crippen molar-refractivity contribution in [2.24, 2.45) is 5.73 Å². The van der Waals surface area contributed by atoms with Crippen molar-refractivity contribution in [1.29, 1.82) is 0 Å². The maximum atomic E-state index is 5.94. The standard InChI is InChI=1S/C8H9ClN2/c9-6-3-4-11-8-5(6)1-2-7(8)10/h3-4,7H,1-2,10H2/t7-/m0/s1. The second-order valence-electron chi connectivity index (χ2n) is 2.80. The summed E-state index contributed by atoms with van der Waals surface area (Å²) >= 11 is 5.94. The Bertz CT molecular complexity index is 285. The fourth-order valence-corrected chi connectivity index (χ4v) is 1.74. The van der Waals surface area contributed by atoms with Gasteiger partial charge in [0, 0.05) is 17.3 Å². The van der Waals surface area contributed by atoms with Gasteiger partial charge < -0.3 is 5.73 Å². The van der Waals surface area contributed by atoms with E-state index in [1.54, 1.807) is 6.20 Å². The molecule has 58 valence electrons. The summed E-state index contributed by atoms with van der Waals surface area (Å²) in [6.45, 7) is 0. The van der Waals surface area contributed by atoms with Crippen molar-refractivity contribution in [3.8, 4) is 0 Å². The van der Waals surface area contributed by atoms with E-state index in [-0.39, 0.29) is 6.04 Å². The Labute approximate surface area is 70.4 Å². The quantitative estimate of drug-likeness (QED) is 0.640. The molecule has 3 heteroatoms. The van der Waals surface area contributed by atoms with Gasteiger partial charge in [-0.05, 0) is 24.5 Å². The summed E-state index contributed by atoms with van der Waals surface area (Å²) in [6, 6.07) is 1.92. The first-order chi connectivity index (χ1) is 5.29. The van der Waals surface area contributed by atoms with Gasteiger partial charge in [0.1, 0.15) is 0 Å². The molecule has 11 heavy (non-hydrogen) atoms. The summed E-state index contributed by atoms with van der Waals surface area (Å²) in [5, 5.41) is 0.808. The Morgan fingerprint density at radius 2 is 2.45 bits per heavy atom. The Morgan fingerprint density at radius 1 is 1.64 bits per heavy atom. The number of fused-ring (bicyclic) bond motifs is 1. The van der Waals surface area contributed by atoms with E-state index >= 15 is 0 Å². The van der Waals surface area contributed by atoms with Gasteiger partial charge in [-0.1, -0.05) is 11.6 Å². The lowest BCUT2D eigenvalue weighted by Crippen LogP contribution is -2.06. The van der Waals surface area contributed by atoms with E-state index < -0.39 is 0 Å². The third-order valence-electron chi connectivity index (χ3n) is 2.09. The minimum Gasteiger partial charge on any atom is -0.323 e. The highest BCUT2D eigenvalue weighted by atomic mass is 35.5. The summed E-state index contributed by atoms with van der Waals surface area (Å²) in [7, 11) is 0. The Balaban J connectivity index is 2.57. The molecule has 1 aromatic heterocycles. The third kappa shape index (κ3) is 1.03. The van der Waals surface area contributed by atoms with Crippen molar-refractivity contribution in [2.75, 3.05) is 0 Å². The number of hydrogen-bond acceptors (Lipinski definition) is 2. The minimum atomic E-state index is 0.101. The summed E-state index contributed by atoms with van der Waals surface area (Å²) in [4.78, 5) is 4.19. The molecule has 0 aliphatic heterocycles. The Morgan fingerprint density at radius 3 is 3.18 bits per heavy atom. The largest absolute Gasteiger partial charge is 0.323 e. The molecule has 0 saturated carbocycles. The third-order valence-corrected chi connectivity index (χ3v) is 2.44. The van der Waals surface area contributed by atoms with E-state index in [4.69, 9.17) is 17.3 Å². The topological polar surface area (TPSA) is 38.9 Å². The Hall–Kier alpha value is -0.600. The van der Waals surface area contributed by atoms with Crippen LogP contribution >= 0.6 is 11.6 Å². The average Bonchev–Trinajstić information content (AvgIpc) is 2.35. The molecule has 0 amide bonds. The first-order valence-electron chi connectivity index (χ1n) is 3.68. The van der Waals surface area contributed by atoms with E-state index in [2.05, 4.69) is 4.98 Å². The van der Waals surface area contributed by atoms with Gasteiger partial charge in [-0.25, -0.2) is 0 Å². The molecule has 0 unspecified atom stereocenters. The molecule has 0 spiro atoms. The highest BCUT2D eigenvalue weighted by Gasteiger charge is 2.21. The number of rotatable bonds is 0. The molecule has 0 radical (unpaired) electrons. The number of hydrogen-bond donors (Lipinski definition) is 1.